The molecule has 0 aliphatic rings. The molecule has 4 heteroatoms. The Balaban J connectivity index is 2.84. The van der Waals surface area contributed by atoms with Crippen molar-refractivity contribution >= 4 is 5.97 Å². The van der Waals surface area contributed by atoms with Crippen molar-refractivity contribution in [1.82, 2.24) is 0 Å². The van der Waals surface area contributed by atoms with Gasteiger partial charge in [-0.05, 0) is 24.6 Å². The first kappa shape index (κ1) is 13.3. The van der Waals surface area contributed by atoms with Crippen LogP contribution in [0.4, 0.5) is 0 Å². The van der Waals surface area contributed by atoms with Crippen LogP contribution < -0.4 is 4.74 Å². The first-order valence-corrected chi connectivity index (χ1v) is 5.28. The van der Waals surface area contributed by atoms with Gasteiger partial charge in [0.25, 0.3) is 0 Å². The monoisotopic (exact) mass is 236 g/mol. The van der Waals surface area contributed by atoms with Crippen molar-refractivity contribution < 1.29 is 19.4 Å². The van der Waals surface area contributed by atoms with E-state index in [1.165, 1.54) is 7.11 Å². The number of hydrogen-bond donors (Lipinski definition) is 1. The Hall–Kier alpha value is -1.81. The zero-order valence-electron chi connectivity index (χ0n) is 9.97. The van der Waals surface area contributed by atoms with Gasteiger partial charge in [0.2, 0.25) is 0 Å². The fraction of sp³-hybridized carbons (Fsp3) is 0.308. The van der Waals surface area contributed by atoms with Crippen LogP contribution in [0.5, 0.6) is 5.75 Å². The molecule has 0 fully saturated rings. The number of benzene rings is 1. The molecule has 92 valence electrons. The highest BCUT2D eigenvalue weighted by atomic mass is 16.5. The number of methoxy groups -OCH3 is 1. The van der Waals surface area contributed by atoms with Gasteiger partial charge in [0.15, 0.2) is 0 Å². The first-order valence-electron chi connectivity index (χ1n) is 5.28. The third-order valence-electron chi connectivity index (χ3n) is 2.28. The second-order valence-corrected chi connectivity index (χ2v) is 3.42. The summed E-state index contributed by atoms with van der Waals surface area (Å²) >= 11 is 0. The SMILES string of the molecule is C=C(C(=O)OCC)C(O)c1cccc(OC)c1. The highest BCUT2D eigenvalue weighted by molar-refractivity contribution is 5.89. The lowest BCUT2D eigenvalue weighted by Crippen LogP contribution is -2.13. The Morgan fingerprint density at radius 3 is 2.82 bits per heavy atom. The van der Waals surface area contributed by atoms with E-state index in [-0.39, 0.29) is 12.2 Å². The number of hydrogen-bond acceptors (Lipinski definition) is 4. The zero-order chi connectivity index (χ0) is 12.8. The summed E-state index contributed by atoms with van der Waals surface area (Å²) < 4.78 is 9.81. The lowest BCUT2D eigenvalue weighted by Gasteiger charge is -2.13. The molecule has 0 bridgehead atoms. The van der Waals surface area contributed by atoms with E-state index in [0.29, 0.717) is 11.3 Å². The average Bonchev–Trinajstić information content (AvgIpc) is 2.37. The summed E-state index contributed by atoms with van der Waals surface area (Å²) in [6.45, 7) is 5.49. The second-order valence-electron chi connectivity index (χ2n) is 3.42. The molecule has 0 saturated carbocycles. The predicted molar refractivity (Wildman–Crippen MR) is 63.7 cm³/mol. The van der Waals surface area contributed by atoms with Gasteiger partial charge in [-0.2, -0.15) is 0 Å². The van der Waals surface area contributed by atoms with Crippen LogP contribution >= 0.6 is 0 Å². The average molecular weight is 236 g/mol. The van der Waals surface area contributed by atoms with E-state index in [4.69, 9.17) is 9.47 Å². The highest BCUT2D eigenvalue weighted by Gasteiger charge is 2.19. The summed E-state index contributed by atoms with van der Waals surface area (Å²) in [5.74, 6) is 0.0148. The van der Waals surface area contributed by atoms with Crippen LogP contribution in [-0.4, -0.2) is 24.8 Å². The van der Waals surface area contributed by atoms with Crippen LogP contribution in [0.1, 0.15) is 18.6 Å². The van der Waals surface area contributed by atoms with Gasteiger partial charge in [-0.3, -0.25) is 0 Å². The van der Waals surface area contributed by atoms with Crippen LogP contribution in [0, 0.1) is 0 Å². The van der Waals surface area contributed by atoms with Crippen LogP contribution in [-0.2, 0) is 9.53 Å². The van der Waals surface area contributed by atoms with E-state index in [2.05, 4.69) is 6.58 Å². The Morgan fingerprint density at radius 2 is 2.24 bits per heavy atom. The van der Waals surface area contributed by atoms with Crippen molar-refractivity contribution in [3.63, 3.8) is 0 Å². The van der Waals surface area contributed by atoms with Crippen molar-refractivity contribution in [2.45, 2.75) is 13.0 Å². The summed E-state index contributed by atoms with van der Waals surface area (Å²) in [6.07, 6.45) is -1.08. The second kappa shape index (κ2) is 6.06. The molecule has 0 heterocycles. The molecule has 0 aromatic heterocycles. The van der Waals surface area contributed by atoms with E-state index < -0.39 is 12.1 Å². The molecule has 0 aliphatic heterocycles. The Bertz CT molecular complexity index is 412. The maximum Gasteiger partial charge on any atom is 0.336 e. The van der Waals surface area contributed by atoms with Gasteiger partial charge >= 0.3 is 5.97 Å². The van der Waals surface area contributed by atoms with Crippen molar-refractivity contribution in [2.24, 2.45) is 0 Å². The number of aliphatic hydroxyl groups is 1. The fourth-order valence-electron chi connectivity index (χ4n) is 1.35. The van der Waals surface area contributed by atoms with Crippen molar-refractivity contribution in [1.29, 1.82) is 0 Å². The van der Waals surface area contributed by atoms with Gasteiger partial charge in [0.05, 0.1) is 19.3 Å². The van der Waals surface area contributed by atoms with Gasteiger partial charge in [0, 0.05) is 0 Å². The molecule has 1 rings (SSSR count). The van der Waals surface area contributed by atoms with Gasteiger partial charge in [-0.1, -0.05) is 18.7 Å². The van der Waals surface area contributed by atoms with Gasteiger partial charge in [-0.25, -0.2) is 4.79 Å². The number of carbonyl (C=O) groups excluding carboxylic acids is 1. The van der Waals surface area contributed by atoms with E-state index in [9.17, 15) is 9.90 Å². The number of ether oxygens (including phenoxy) is 2. The molecule has 1 atom stereocenters. The highest BCUT2D eigenvalue weighted by Crippen LogP contribution is 2.24. The van der Waals surface area contributed by atoms with Crippen LogP contribution in [0.15, 0.2) is 36.4 Å². The van der Waals surface area contributed by atoms with E-state index in [1.54, 1.807) is 31.2 Å². The smallest absolute Gasteiger partial charge is 0.336 e. The number of esters is 1. The zero-order valence-corrected chi connectivity index (χ0v) is 9.97. The lowest BCUT2D eigenvalue weighted by atomic mass is 10.0. The molecule has 4 nitrogen and oxygen atoms in total. The Kier molecular flexibility index (Phi) is 4.72. The van der Waals surface area contributed by atoms with E-state index >= 15 is 0 Å². The van der Waals surface area contributed by atoms with Gasteiger partial charge in [-0.15, -0.1) is 0 Å². The quantitative estimate of drug-likeness (QED) is 0.626. The first-order chi connectivity index (χ1) is 8.10. The summed E-state index contributed by atoms with van der Waals surface area (Å²) in [4.78, 5) is 11.4. The van der Waals surface area contributed by atoms with Crippen LogP contribution in [0.25, 0.3) is 0 Å². The summed E-state index contributed by atoms with van der Waals surface area (Å²) in [5.41, 5.74) is 0.558. The van der Waals surface area contributed by atoms with Crippen molar-refractivity contribution in [3.8, 4) is 5.75 Å². The summed E-state index contributed by atoms with van der Waals surface area (Å²) in [5, 5.41) is 9.95. The molecule has 0 aliphatic carbocycles. The lowest BCUT2D eigenvalue weighted by molar-refractivity contribution is -0.139. The third-order valence-corrected chi connectivity index (χ3v) is 2.28. The van der Waals surface area contributed by atoms with Gasteiger partial charge in [0.1, 0.15) is 11.9 Å². The molecule has 0 saturated heterocycles. The Morgan fingerprint density at radius 1 is 1.53 bits per heavy atom. The van der Waals surface area contributed by atoms with Gasteiger partial charge < -0.3 is 14.6 Å². The maximum absolute atomic E-state index is 11.4. The largest absolute Gasteiger partial charge is 0.497 e. The topological polar surface area (TPSA) is 55.8 Å². The molecule has 1 aromatic rings. The number of aliphatic hydroxyl groups excluding tert-OH is 1. The fourth-order valence-corrected chi connectivity index (χ4v) is 1.35. The van der Waals surface area contributed by atoms with Crippen molar-refractivity contribution in [3.05, 3.63) is 42.0 Å². The Labute approximate surface area is 100 Å². The molecule has 1 unspecified atom stereocenters. The molecule has 0 spiro atoms. The summed E-state index contributed by atoms with van der Waals surface area (Å²) in [6, 6.07) is 6.83. The molecule has 17 heavy (non-hydrogen) atoms. The molecule has 1 aromatic carbocycles. The van der Waals surface area contributed by atoms with Crippen molar-refractivity contribution in [2.75, 3.05) is 13.7 Å². The number of carbonyl (C=O) groups is 1. The summed E-state index contributed by atoms with van der Waals surface area (Å²) in [7, 11) is 1.53. The molecule has 0 radical (unpaired) electrons. The normalized spacial score (nSPS) is 11.7. The minimum atomic E-state index is -1.08. The van der Waals surface area contributed by atoms with E-state index in [0.717, 1.165) is 0 Å². The number of rotatable bonds is 5. The van der Waals surface area contributed by atoms with Crippen LogP contribution in [0.3, 0.4) is 0 Å². The standard InChI is InChI=1S/C13H16O4/c1-4-17-13(15)9(2)12(14)10-6-5-7-11(8-10)16-3/h5-8,12,14H,2,4H2,1,3H3. The maximum atomic E-state index is 11.4. The minimum absolute atomic E-state index is 0.0140. The molecule has 1 N–H and O–H groups in total. The molecular weight excluding hydrogens is 220 g/mol. The van der Waals surface area contributed by atoms with E-state index in [1.807, 2.05) is 0 Å². The molecular formula is C13H16O4. The van der Waals surface area contributed by atoms with Crippen LogP contribution in [0.2, 0.25) is 0 Å². The predicted octanol–water partition coefficient (Wildman–Crippen LogP) is 1.85. The third kappa shape index (κ3) is 3.32. The minimum Gasteiger partial charge on any atom is -0.497 e. The molecule has 0 amide bonds.